The minimum Gasteiger partial charge on any atom is -0.507 e. The summed E-state index contributed by atoms with van der Waals surface area (Å²) in [6.07, 6.45) is 1.07. The predicted octanol–water partition coefficient (Wildman–Crippen LogP) is -0.893. The SMILES string of the molecule is CC(=O)NC1CCN(Cc2cc(O)c3c(c2F)C[C@H]2C[C@H]4[C@H](N(C)C)C(=O)C(C(N)=O)C(=O)[C@@]4(O)C(=O)C2C3=O)CC1. The first-order valence-electron chi connectivity index (χ1n) is 14.1. The van der Waals surface area contributed by atoms with Crippen molar-refractivity contribution in [3.63, 3.8) is 0 Å². The van der Waals surface area contributed by atoms with E-state index in [0.29, 0.717) is 25.9 Å². The quantitative estimate of drug-likeness (QED) is 0.315. The number of primary amides is 1. The van der Waals surface area contributed by atoms with Crippen molar-refractivity contribution in [2.24, 2.45) is 29.4 Å². The lowest BCUT2D eigenvalue weighted by molar-refractivity contribution is -0.181. The van der Waals surface area contributed by atoms with Crippen molar-refractivity contribution < 1.29 is 43.4 Å². The van der Waals surface area contributed by atoms with Crippen molar-refractivity contribution in [2.45, 2.75) is 56.8 Å². The standard InChI is InChI=1S/C29H35FN4O8/c1-12(35)32-15-4-6-34(7-5-15)11-14-10-18(36)20-16(22(14)30)8-13-9-17-23(33(2)3)25(38)21(28(31)41)27(40)29(17,42)26(39)19(13)24(20)37/h10,13,15,17,19,21,23,36,42H,4-9,11H2,1-3H3,(H2,31,41)(H,32,35)/t13-,17-,19?,21?,23-,29-/m0/s1. The molecule has 3 fully saturated rings. The summed E-state index contributed by atoms with van der Waals surface area (Å²) in [6, 6.07) is -0.0378. The summed E-state index contributed by atoms with van der Waals surface area (Å²) in [5.41, 5.74) is 2.25. The summed E-state index contributed by atoms with van der Waals surface area (Å²) in [4.78, 5) is 80.8. The molecule has 5 rings (SSSR count). The molecule has 12 nitrogen and oxygen atoms in total. The van der Waals surface area contributed by atoms with Crippen molar-refractivity contribution in [3.05, 3.63) is 28.6 Å². The van der Waals surface area contributed by atoms with Crippen LogP contribution in [0.3, 0.4) is 0 Å². The van der Waals surface area contributed by atoms with E-state index in [4.69, 9.17) is 5.73 Å². The van der Waals surface area contributed by atoms with Gasteiger partial charge in [-0.1, -0.05) is 0 Å². The van der Waals surface area contributed by atoms with Gasteiger partial charge in [-0.05, 0) is 51.8 Å². The number of piperidine rings is 1. The third kappa shape index (κ3) is 4.54. The molecule has 0 spiro atoms. The van der Waals surface area contributed by atoms with Gasteiger partial charge in [0.05, 0.1) is 17.5 Å². The largest absolute Gasteiger partial charge is 0.507 e. The average molecular weight is 587 g/mol. The third-order valence-electron chi connectivity index (χ3n) is 9.46. The highest BCUT2D eigenvalue weighted by molar-refractivity contribution is 6.32. The number of nitrogens with one attached hydrogen (secondary N) is 1. The molecule has 226 valence electrons. The zero-order chi connectivity index (χ0) is 30.8. The van der Waals surface area contributed by atoms with Crippen molar-refractivity contribution >= 4 is 34.9 Å². The molecule has 0 bridgehead atoms. The number of halogens is 1. The van der Waals surface area contributed by atoms with E-state index < -0.39 is 75.9 Å². The number of likely N-dealkylation sites (tertiary alicyclic amines) is 1. The monoisotopic (exact) mass is 586 g/mol. The molecule has 1 aliphatic heterocycles. The summed E-state index contributed by atoms with van der Waals surface area (Å²) in [7, 11) is 3.00. The van der Waals surface area contributed by atoms with Gasteiger partial charge in [-0.3, -0.25) is 38.6 Å². The van der Waals surface area contributed by atoms with E-state index in [1.807, 2.05) is 4.90 Å². The van der Waals surface area contributed by atoms with E-state index >= 15 is 4.39 Å². The van der Waals surface area contributed by atoms with Gasteiger partial charge in [0, 0.05) is 49.6 Å². The Morgan fingerprint density at radius 3 is 2.38 bits per heavy atom. The zero-order valence-electron chi connectivity index (χ0n) is 23.7. The van der Waals surface area contributed by atoms with Gasteiger partial charge in [0.25, 0.3) is 0 Å². The van der Waals surface area contributed by atoms with Gasteiger partial charge in [0.2, 0.25) is 11.8 Å². The molecule has 42 heavy (non-hydrogen) atoms. The van der Waals surface area contributed by atoms with Gasteiger partial charge < -0.3 is 21.3 Å². The minimum absolute atomic E-state index is 0.0281. The molecule has 1 heterocycles. The number of nitrogens with zero attached hydrogens (tertiary/aromatic N) is 2. The Bertz CT molecular complexity index is 1400. The molecule has 2 unspecified atom stereocenters. The van der Waals surface area contributed by atoms with Crippen molar-refractivity contribution in [2.75, 3.05) is 27.2 Å². The summed E-state index contributed by atoms with van der Waals surface area (Å²) in [5, 5.41) is 25.4. The second kappa shape index (κ2) is 10.6. The lowest BCUT2D eigenvalue weighted by atomic mass is 9.52. The molecule has 0 aromatic heterocycles. The molecule has 3 aliphatic carbocycles. The molecule has 0 radical (unpaired) electrons. The Morgan fingerprint density at radius 2 is 1.81 bits per heavy atom. The summed E-state index contributed by atoms with van der Waals surface area (Å²) < 4.78 is 16.0. The molecule has 4 aliphatic rings. The lowest BCUT2D eigenvalue weighted by Crippen LogP contribution is -2.74. The van der Waals surface area contributed by atoms with Crippen molar-refractivity contribution in [1.82, 2.24) is 15.1 Å². The number of likely N-dealkylation sites (N-methyl/N-ethyl adjacent to an activating group) is 1. The number of hydrogen-bond donors (Lipinski definition) is 4. The van der Waals surface area contributed by atoms with Crippen LogP contribution in [0.1, 0.15) is 47.7 Å². The average Bonchev–Trinajstić information content (AvgIpc) is 2.89. The Hall–Kier alpha value is -3.55. The fourth-order valence-electron chi connectivity index (χ4n) is 7.59. The molecule has 1 saturated heterocycles. The number of hydrogen-bond acceptors (Lipinski definition) is 10. The smallest absolute Gasteiger partial charge is 0.235 e. The van der Waals surface area contributed by atoms with Crippen LogP contribution < -0.4 is 11.1 Å². The van der Waals surface area contributed by atoms with Crippen LogP contribution in [0.5, 0.6) is 5.75 Å². The number of amides is 2. The first-order chi connectivity index (χ1) is 19.7. The molecule has 6 atom stereocenters. The topological polar surface area (TPSA) is 187 Å². The number of benzene rings is 1. The Morgan fingerprint density at radius 1 is 1.17 bits per heavy atom. The van der Waals surface area contributed by atoms with Crippen molar-refractivity contribution in [1.29, 1.82) is 0 Å². The van der Waals surface area contributed by atoms with Crippen LogP contribution in [0.25, 0.3) is 0 Å². The van der Waals surface area contributed by atoms with Crippen LogP contribution in [-0.2, 0) is 36.9 Å². The highest BCUT2D eigenvalue weighted by atomic mass is 19.1. The van der Waals surface area contributed by atoms with Crippen molar-refractivity contribution in [3.8, 4) is 5.75 Å². The Kier molecular flexibility index (Phi) is 7.57. The number of aromatic hydroxyl groups is 1. The van der Waals surface area contributed by atoms with Gasteiger partial charge in [-0.2, -0.15) is 0 Å². The maximum atomic E-state index is 16.0. The Balaban J connectivity index is 1.47. The van der Waals surface area contributed by atoms with Crippen LogP contribution >= 0.6 is 0 Å². The van der Waals surface area contributed by atoms with Crippen LogP contribution in [-0.4, -0.2) is 99.8 Å². The number of rotatable bonds is 5. The minimum atomic E-state index is -2.83. The Labute approximate surface area is 241 Å². The zero-order valence-corrected chi connectivity index (χ0v) is 23.7. The van der Waals surface area contributed by atoms with Crippen LogP contribution in [0.2, 0.25) is 0 Å². The highest BCUT2D eigenvalue weighted by Crippen LogP contribution is 2.51. The number of nitrogens with two attached hydrogens (primary N) is 1. The molecule has 13 heteroatoms. The van der Waals surface area contributed by atoms with E-state index in [-0.39, 0.29) is 48.0 Å². The first kappa shape index (κ1) is 29.9. The number of Topliss-reactive ketones (excluding diaryl/α,β-unsaturated/α-hetero) is 4. The fourth-order valence-corrected chi connectivity index (χ4v) is 7.59. The molecule has 1 aromatic carbocycles. The van der Waals surface area contributed by atoms with Crippen LogP contribution in [0.4, 0.5) is 4.39 Å². The highest BCUT2D eigenvalue weighted by Gasteiger charge is 2.69. The van der Waals surface area contributed by atoms with Crippen LogP contribution in [0.15, 0.2) is 6.07 Å². The number of carbonyl (C=O) groups excluding carboxylic acids is 6. The van der Waals surface area contributed by atoms with Gasteiger partial charge in [-0.15, -0.1) is 0 Å². The normalized spacial score (nSPS) is 31.9. The first-order valence-corrected chi connectivity index (χ1v) is 14.1. The maximum Gasteiger partial charge on any atom is 0.235 e. The fraction of sp³-hybridized carbons (Fsp3) is 0.586. The molecule has 2 saturated carbocycles. The number of phenols is 1. The van der Waals surface area contributed by atoms with Gasteiger partial charge in [0.15, 0.2) is 34.7 Å². The predicted molar refractivity (Wildman–Crippen MR) is 143 cm³/mol. The summed E-state index contributed by atoms with van der Waals surface area (Å²) in [6.45, 7) is 2.78. The second-order valence-electron chi connectivity index (χ2n) is 12.3. The van der Waals surface area contributed by atoms with E-state index in [9.17, 15) is 39.0 Å². The number of ketones is 4. The van der Waals surface area contributed by atoms with Gasteiger partial charge in [0.1, 0.15) is 11.6 Å². The van der Waals surface area contributed by atoms with E-state index in [1.54, 1.807) is 0 Å². The summed E-state index contributed by atoms with van der Waals surface area (Å²) in [5.74, 6) is -12.6. The van der Waals surface area contributed by atoms with E-state index in [1.165, 1.54) is 25.9 Å². The number of carbonyl (C=O) groups is 6. The number of fused-ring (bicyclic) bond motifs is 3. The van der Waals surface area contributed by atoms with E-state index in [0.717, 1.165) is 6.07 Å². The maximum absolute atomic E-state index is 16.0. The lowest BCUT2D eigenvalue weighted by Gasteiger charge is -2.52. The van der Waals surface area contributed by atoms with Crippen LogP contribution in [0, 0.1) is 29.5 Å². The third-order valence-corrected chi connectivity index (χ3v) is 9.46. The van der Waals surface area contributed by atoms with E-state index in [2.05, 4.69) is 5.32 Å². The number of aliphatic hydroxyl groups is 1. The summed E-state index contributed by atoms with van der Waals surface area (Å²) >= 11 is 0. The van der Waals surface area contributed by atoms with Gasteiger partial charge >= 0.3 is 0 Å². The molecule has 2 amide bonds. The number of phenolic OH excluding ortho intramolecular Hbond substituents is 1. The molecule has 1 aromatic rings. The second-order valence-corrected chi connectivity index (χ2v) is 12.3. The van der Waals surface area contributed by atoms with Gasteiger partial charge in [-0.25, -0.2) is 4.39 Å². The molecular formula is C29H35FN4O8. The molecular weight excluding hydrogens is 551 g/mol. The molecule has 5 N–H and O–H groups in total.